The lowest BCUT2D eigenvalue weighted by atomic mass is 10.0. The molecular formula is C11H13NS. The van der Waals surface area contributed by atoms with Gasteiger partial charge in [0.2, 0.25) is 0 Å². The summed E-state index contributed by atoms with van der Waals surface area (Å²) in [5.41, 5.74) is 8.33. The van der Waals surface area contributed by atoms with Crippen molar-refractivity contribution in [2.45, 2.75) is 11.3 Å². The summed E-state index contributed by atoms with van der Waals surface area (Å²) in [5.74, 6) is 1.18. The van der Waals surface area contributed by atoms with Crippen LogP contribution in [0.25, 0.3) is 5.57 Å². The van der Waals surface area contributed by atoms with Gasteiger partial charge in [0.1, 0.15) is 0 Å². The fraction of sp³-hybridized carbons (Fsp3) is 0.273. The minimum absolute atomic E-state index is 0.647. The van der Waals surface area contributed by atoms with Gasteiger partial charge in [-0.05, 0) is 23.6 Å². The van der Waals surface area contributed by atoms with Crippen molar-refractivity contribution in [3.05, 3.63) is 35.9 Å². The molecule has 0 saturated carbocycles. The molecule has 1 aromatic carbocycles. The maximum absolute atomic E-state index is 5.53. The Morgan fingerprint density at radius 3 is 3.08 bits per heavy atom. The maximum atomic E-state index is 5.53. The van der Waals surface area contributed by atoms with Gasteiger partial charge in [0.25, 0.3) is 0 Å². The smallest absolute Gasteiger partial charge is 0.0147 e. The van der Waals surface area contributed by atoms with Crippen molar-refractivity contribution < 1.29 is 0 Å². The van der Waals surface area contributed by atoms with Crippen LogP contribution >= 0.6 is 11.8 Å². The van der Waals surface area contributed by atoms with Crippen LogP contribution in [0.5, 0.6) is 0 Å². The quantitative estimate of drug-likeness (QED) is 0.738. The highest BCUT2D eigenvalue weighted by molar-refractivity contribution is 7.99. The second-order valence-electron chi connectivity index (χ2n) is 3.06. The molecule has 0 saturated heterocycles. The van der Waals surface area contributed by atoms with Gasteiger partial charge in [0.05, 0.1) is 0 Å². The number of nitrogens with two attached hydrogens (primary N) is 1. The SMILES string of the molecule is NC/C=C1/CCSc2ccccc21. The number of rotatable bonds is 1. The summed E-state index contributed by atoms with van der Waals surface area (Å²) in [6, 6.07) is 8.55. The van der Waals surface area contributed by atoms with Crippen LogP contribution in [0.2, 0.25) is 0 Å². The summed E-state index contributed by atoms with van der Waals surface area (Å²) in [7, 11) is 0. The summed E-state index contributed by atoms with van der Waals surface area (Å²) in [6.07, 6.45) is 3.29. The van der Waals surface area contributed by atoms with Crippen molar-refractivity contribution in [1.82, 2.24) is 0 Å². The minimum atomic E-state index is 0.647. The average Bonchev–Trinajstić information content (AvgIpc) is 2.19. The largest absolute Gasteiger partial charge is 0.327 e. The molecule has 0 aromatic heterocycles. The van der Waals surface area contributed by atoms with Crippen LogP contribution in [-0.2, 0) is 0 Å². The molecule has 0 spiro atoms. The summed E-state index contributed by atoms with van der Waals surface area (Å²) in [5, 5.41) is 0. The Morgan fingerprint density at radius 2 is 2.23 bits per heavy atom. The van der Waals surface area contributed by atoms with E-state index in [0.717, 1.165) is 6.42 Å². The van der Waals surface area contributed by atoms with E-state index in [0.29, 0.717) is 6.54 Å². The van der Waals surface area contributed by atoms with Gasteiger partial charge >= 0.3 is 0 Å². The molecule has 68 valence electrons. The topological polar surface area (TPSA) is 26.0 Å². The van der Waals surface area contributed by atoms with Gasteiger partial charge in [-0.3, -0.25) is 0 Å². The molecule has 1 aliphatic rings. The fourth-order valence-electron chi connectivity index (χ4n) is 1.62. The maximum Gasteiger partial charge on any atom is 0.0147 e. The molecule has 0 unspecified atom stereocenters. The second-order valence-corrected chi connectivity index (χ2v) is 4.20. The first-order valence-corrected chi connectivity index (χ1v) is 5.51. The molecule has 1 heterocycles. The minimum Gasteiger partial charge on any atom is -0.327 e. The molecule has 0 radical (unpaired) electrons. The normalized spacial score (nSPS) is 18.7. The van der Waals surface area contributed by atoms with E-state index in [4.69, 9.17) is 5.73 Å². The number of fused-ring (bicyclic) bond motifs is 1. The van der Waals surface area contributed by atoms with Gasteiger partial charge < -0.3 is 5.73 Å². The zero-order valence-electron chi connectivity index (χ0n) is 7.49. The number of benzene rings is 1. The predicted octanol–water partition coefficient (Wildman–Crippen LogP) is 2.52. The van der Waals surface area contributed by atoms with E-state index < -0.39 is 0 Å². The number of thioether (sulfide) groups is 1. The molecule has 2 heteroatoms. The van der Waals surface area contributed by atoms with Gasteiger partial charge in [-0.1, -0.05) is 24.3 Å². The lowest BCUT2D eigenvalue weighted by Crippen LogP contribution is -2.01. The lowest BCUT2D eigenvalue weighted by molar-refractivity contribution is 1.16. The Morgan fingerprint density at radius 1 is 1.38 bits per heavy atom. The van der Waals surface area contributed by atoms with Gasteiger partial charge in [-0.15, -0.1) is 11.8 Å². The number of allylic oxidation sites excluding steroid dienone is 1. The molecule has 2 rings (SSSR count). The van der Waals surface area contributed by atoms with Gasteiger partial charge in [0, 0.05) is 17.2 Å². The second kappa shape index (κ2) is 3.99. The Kier molecular flexibility index (Phi) is 2.71. The Balaban J connectivity index is 2.42. The van der Waals surface area contributed by atoms with Gasteiger partial charge in [-0.2, -0.15) is 0 Å². The van der Waals surface area contributed by atoms with E-state index in [1.807, 2.05) is 11.8 Å². The highest BCUT2D eigenvalue weighted by Gasteiger charge is 2.12. The fourth-order valence-corrected chi connectivity index (χ4v) is 2.69. The van der Waals surface area contributed by atoms with Crippen LogP contribution in [0, 0.1) is 0 Å². The standard InChI is InChI=1S/C11H13NS/c12-7-5-9-6-8-13-11-4-2-1-3-10(9)11/h1-5H,6-8,12H2/b9-5-. The monoisotopic (exact) mass is 191 g/mol. The Hall–Kier alpha value is -0.730. The first-order chi connectivity index (χ1) is 6.42. The third-order valence-corrected chi connectivity index (χ3v) is 3.30. The van der Waals surface area contributed by atoms with Crippen LogP contribution in [0.4, 0.5) is 0 Å². The Labute approximate surface area is 83.0 Å². The van der Waals surface area contributed by atoms with Crippen molar-refractivity contribution in [3.8, 4) is 0 Å². The zero-order valence-corrected chi connectivity index (χ0v) is 8.31. The number of hydrogen-bond donors (Lipinski definition) is 1. The first kappa shape index (κ1) is 8.85. The van der Waals surface area contributed by atoms with E-state index >= 15 is 0 Å². The van der Waals surface area contributed by atoms with E-state index in [9.17, 15) is 0 Å². The Bertz CT molecular complexity index is 331. The van der Waals surface area contributed by atoms with Crippen molar-refractivity contribution in [2.24, 2.45) is 5.73 Å². The molecule has 0 atom stereocenters. The first-order valence-electron chi connectivity index (χ1n) is 4.53. The van der Waals surface area contributed by atoms with E-state index in [1.165, 1.54) is 21.8 Å². The van der Waals surface area contributed by atoms with Gasteiger partial charge in [0.15, 0.2) is 0 Å². The zero-order chi connectivity index (χ0) is 9.10. The molecule has 0 bridgehead atoms. The molecule has 0 amide bonds. The van der Waals surface area contributed by atoms with Crippen LogP contribution in [0.1, 0.15) is 12.0 Å². The molecule has 1 aromatic rings. The third kappa shape index (κ3) is 1.79. The number of hydrogen-bond acceptors (Lipinski definition) is 2. The predicted molar refractivity (Wildman–Crippen MR) is 58.8 cm³/mol. The molecule has 0 aliphatic carbocycles. The van der Waals surface area contributed by atoms with E-state index in [-0.39, 0.29) is 0 Å². The lowest BCUT2D eigenvalue weighted by Gasteiger charge is -2.17. The van der Waals surface area contributed by atoms with E-state index in [1.54, 1.807) is 0 Å². The van der Waals surface area contributed by atoms with Crippen LogP contribution < -0.4 is 5.73 Å². The van der Waals surface area contributed by atoms with Crippen molar-refractivity contribution in [3.63, 3.8) is 0 Å². The van der Waals surface area contributed by atoms with Gasteiger partial charge in [-0.25, -0.2) is 0 Å². The third-order valence-electron chi connectivity index (χ3n) is 2.23. The highest BCUT2D eigenvalue weighted by Crippen LogP contribution is 2.36. The van der Waals surface area contributed by atoms with E-state index in [2.05, 4.69) is 30.3 Å². The molecule has 13 heavy (non-hydrogen) atoms. The molecule has 1 nitrogen and oxygen atoms in total. The summed E-state index contributed by atoms with van der Waals surface area (Å²) < 4.78 is 0. The highest BCUT2D eigenvalue weighted by atomic mass is 32.2. The molecular weight excluding hydrogens is 178 g/mol. The van der Waals surface area contributed by atoms with Crippen LogP contribution in [0.3, 0.4) is 0 Å². The summed E-state index contributed by atoms with van der Waals surface area (Å²) in [4.78, 5) is 1.40. The summed E-state index contributed by atoms with van der Waals surface area (Å²) in [6.45, 7) is 0.647. The summed E-state index contributed by atoms with van der Waals surface area (Å²) >= 11 is 1.94. The van der Waals surface area contributed by atoms with Crippen molar-refractivity contribution >= 4 is 17.3 Å². The molecule has 1 aliphatic heterocycles. The van der Waals surface area contributed by atoms with Crippen molar-refractivity contribution in [1.29, 1.82) is 0 Å². The van der Waals surface area contributed by atoms with Crippen LogP contribution in [-0.4, -0.2) is 12.3 Å². The molecule has 0 fully saturated rings. The van der Waals surface area contributed by atoms with Crippen molar-refractivity contribution in [2.75, 3.05) is 12.3 Å². The van der Waals surface area contributed by atoms with Crippen LogP contribution in [0.15, 0.2) is 35.2 Å². The molecule has 2 N–H and O–H groups in total. The average molecular weight is 191 g/mol.